The minimum atomic E-state index is -4.21. The Labute approximate surface area is 151 Å². The van der Waals surface area contributed by atoms with Crippen molar-refractivity contribution in [3.8, 4) is 5.75 Å². The molecule has 134 valence electrons. The Balaban J connectivity index is 2.10. The Morgan fingerprint density at radius 2 is 1.65 bits per heavy atom. The molecular weight excluding hydrogens is 347 g/mol. The molecule has 0 aliphatic heterocycles. The molecule has 0 bridgehead atoms. The lowest BCUT2D eigenvalue weighted by Crippen LogP contribution is -2.12. The largest absolute Gasteiger partial charge is 0.490 e. The molecule has 1 unspecified atom stereocenters. The van der Waals surface area contributed by atoms with Gasteiger partial charge in [-0.2, -0.15) is 0 Å². The predicted molar refractivity (Wildman–Crippen MR) is 106 cm³/mol. The maximum absolute atomic E-state index is 11.7. The minimum absolute atomic E-state index is 0.0380. The summed E-state index contributed by atoms with van der Waals surface area (Å²) in [6, 6.07) is 16.2. The van der Waals surface area contributed by atoms with Crippen molar-refractivity contribution in [2.24, 2.45) is 0 Å². The number of hydrogen-bond donors (Lipinski definition) is 2. The average Bonchev–Trinajstić information content (AvgIpc) is 2.60. The van der Waals surface area contributed by atoms with Crippen molar-refractivity contribution in [3.05, 3.63) is 54.1 Å². The summed E-state index contributed by atoms with van der Waals surface area (Å²) < 4.78 is 17.8. The first kappa shape index (κ1) is 17.3. The van der Waals surface area contributed by atoms with E-state index in [1.165, 1.54) is 5.39 Å². The van der Waals surface area contributed by atoms with Crippen LogP contribution in [0.2, 0.25) is 0 Å². The van der Waals surface area contributed by atoms with Crippen LogP contribution in [0.25, 0.3) is 32.3 Å². The lowest BCUT2D eigenvalue weighted by atomic mass is 9.92. The Bertz CT molecular complexity index is 1130. The van der Waals surface area contributed by atoms with Crippen molar-refractivity contribution in [3.63, 3.8) is 0 Å². The van der Waals surface area contributed by atoms with E-state index in [-0.39, 0.29) is 12.3 Å². The predicted octanol–water partition coefficient (Wildman–Crippen LogP) is 5.44. The molecule has 2 N–H and O–H groups in total. The molecule has 0 radical (unpaired) electrons. The van der Waals surface area contributed by atoms with Gasteiger partial charge in [-0.1, -0.05) is 43.3 Å². The molecule has 26 heavy (non-hydrogen) atoms. The third-order valence-corrected chi connectivity index (χ3v) is 5.70. The minimum Gasteiger partial charge on any atom is -0.490 e. The summed E-state index contributed by atoms with van der Waals surface area (Å²) in [5.74, 6) is 0.591. The lowest BCUT2D eigenvalue weighted by molar-refractivity contribution is 0.218. The van der Waals surface area contributed by atoms with Crippen LogP contribution < -0.4 is 4.74 Å². The number of hydrogen-bond acceptors (Lipinski definition) is 2. The molecule has 4 nitrogen and oxygen atoms in total. The molecule has 4 rings (SSSR count). The van der Waals surface area contributed by atoms with E-state index in [4.69, 9.17) is 4.74 Å². The fourth-order valence-electron chi connectivity index (χ4n) is 3.61. The van der Waals surface area contributed by atoms with Crippen LogP contribution in [-0.2, 0) is 10.7 Å². The van der Waals surface area contributed by atoms with Crippen molar-refractivity contribution in [2.75, 3.05) is 0 Å². The highest BCUT2D eigenvalue weighted by Gasteiger charge is 2.22. The molecule has 0 fully saturated rings. The van der Waals surface area contributed by atoms with E-state index in [1.807, 2.05) is 38.1 Å². The molecule has 4 aromatic rings. The normalized spacial score (nSPS) is 13.7. The van der Waals surface area contributed by atoms with Crippen LogP contribution in [0.1, 0.15) is 25.8 Å². The van der Waals surface area contributed by atoms with Gasteiger partial charge in [-0.25, -0.2) is 0 Å². The third kappa shape index (κ3) is 2.95. The molecule has 4 aromatic carbocycles. The van der Waals surface area contributed by atoms with E-state index in [2.05, 4.69) is 24.3 Å². The lowest BCUT2D eigenvalue weighted by Gasteiger charge is -2.21. The second-order valence-electron chi connectivity index (χ2n) is 6.88. The fraction of sp³-hybridized carbons (Fsp3) is 0.238. The maximum atomic E-state index is 11.7. The first-order valence-corrected chi connectivity index (χ1v) is 10.6. The van der Waals surface area contributed by atoms with Gasteiger partial charge in [0.2, 0.25) is 0 Å². The van der Waals surface area contributed by atoms with Gasteiger partial charge >= 0.3 is 7.60 Å². The molecular formula is C21H21O4P. The maximum Gasteiger partial charge on any atom is 0.330 e. The van der Waals surface area contributed by atoms with E-state index in [1.54, 1.807) is 0 Å². The van der Waals surface area contributed by atoms with Gasteiger partial charge in [-0.15, -0.1) is 0 Å². The van der Waals surface area contributed by atoms with E-state index < -0.39 is 7.60 Å². The summed E-state index contributed by atoms with van der Waals surface area (Å²) in [6.45, 7) is 4.00. The zero-order chi connectivity index (χ0) is 18.5. The Hall–Kier alpha value is -2.13. The van der Waals surface area contributed by atoms with E-state index in [9.17, 15) is 14.4 Å². The van der Waals surface area contributed by atoms with Crippen LogP contribution >= 0.6 is 7.60 Å². The van der Waals surface area contributed by atoms with Crippen LogP contribution in [0.5, 0.6) is 5.75 Å². The highest BCUT2D eigenvalue weighted by atomic mass is 31.2. The molecule has 1 atom stereocenters. The zero-order valence-electron chi connectivity index (χ0n) is 14.8. The molecule has 0 saturated carbocycles. The Kier molecular flexibility index (Phi) is 4.15. The molecule has 0 aliphatic carbocycles. The summed E-state index contributed by atoms with van der Waals surface area (Å²) in [5.41, 5.74) is 0.560. The molecule has 0 aliphatic rings. The highest BCUT2D eigenvalue weighted by Crippen LogP contribution is 2.47. The molecule has 0 heterocycles. The van der Waals surface area contributed by atoms with Crippen LogP contribution in [0, 0.1) is 0 Å². The van der Waals surface area contributed by atoms with E-state index in [0.717, 1.165) is 33.4 Å². The van der Waals surface area contributed by atoms with Gasteiger partial charge in [0, 0.05) is 16.3 Å². The number of rotatable bonds is 5. The monoisotopic (exact) mass is 368 g/mol. The van der Waals surface area contributed by atoms with Gasteiger partial charge < -0.3 is 14.5 Å². The highest BCUT2D eigenvalue weighted by molar-refractivity contribution is 7.50. The average molecular weight is 368 g/mol. The first-order valence-electron chi connectivity index (χ1n) is 8.78. The summed E-state index contributed by atoms with van der Waals surface area (Å²) in [7, 11) is -4.21. The second kappa shape index (κ2) is 6.24. The smallest absolute Gasteiger partial charge is 0.330 e. The molecule has 0 spiro atoms. The van der Waals surface area contributed by atoms with E-state index >= 15 is 0 Å². The summed E-state index contributed by atoms with van der Waals surface area (Å²) in [5, 5.41) is 6.45. The SMILES string of the molecule is CCC(C)Oc1c(CP(=O)(O)O)cc2ccc3cccc4ccc1c2c34. The first-order chi connectivity index (χ1) is 12.4. The van der Waals surface area contributed by atoms with Gasteiger partial charge in [0.05, 0.1) is 12.3 Å². The fourth-order valence-corrected chi connectivity index (χ4v) is 4.29. The molecule has 0 saturated heterocycles. The Morgan fingerprint density at radius 1 is 1.00 bits per heavy atom. The van der Waals surface area contributed by atoms with Crippen LogP contribution in [0.4, 0.5) is 0 Å². The van der Waals surface area contributed by atoms with Gasteiger partial charge in [0.1, 0.15) is 5.75 Å². The summed E-state index contributed by atoms with van der Waals surface area (Å²) in [4.78, 5) is 19.1. The van der Waals surface area contributed by atoms with Crippen LogP contribution in [-0.4, -0.2) is 15.9 Å². The summed E-state index contributed by atoms with van der Waals surface area (Å²) >= 11 is 0. The standard InChI is InChI=1S/C21H21O4P/c1-3-13(2)25-21-17(12-26(22,23)24)11-16-8-7-14-5-4-6-15-9-10-18(21)20(16)19(14)15/h4-11,13H,3,12H2,1-2H3,(H2,22,23,24). The molecule has 0 amide bonds. The van der Waals surface area contributed by atoms with Gasteiger partial charge in [-0.05, 0) is 47.0 Å². The third-order valence-electron chi connectivity index (χ3n) is 4.95. The number of ether oxygens (including phenoxy) is 1. The molecule has 5 heteroatoms. The van der Waals surface area contributed by atoms with Crippen LogP contribution in [0.3, 0.4) is 0 Å². The van der Waals surface area contributed by atoms with E-state index in [0.29, 0.717) is 11.3 Å². The Morgan fingerprint density at radius 3 is 2.31 bits per heavy atom. The van der Waals surface area contributed by atoms with Gasteiger partial charge in [0.25, 0.3) is 0 Å². The topological polar surface area (TPSA) is 66.8 Å². The van der Waals surface area contributed by atoms with Gasteiger partial charge in [0.15, 0.2) is 0 Å². The zero-order valence-corrected chi connectivity index (χ0v) is 15.7. The van der Waals surface area contributed by atoms with Crippen LogP contribution in [0.15, 0.2) is 48.5 Å². The van der Waals surface area contributed by atoms with Crippen molar-refractivity contribution < 1.29 is 19.1 Å². The second-order valence-corrected chi connectivity index (χ2v) is 8.53. The number of benzene rings is 4. The summed E-state index contributed by atoms with van der Waals surface area (Å²) in [6.07, 6.45) is 0.455. The van der Waals surface area contributed by atoms with Crippen molar-refractivity contribution in [2.45, 2.75) is 32.5 Å². The van der Waals surface area contributed by atoms with Crippen molar-refractivity contribution >= 4 is 39.9 Å². The van der Waals surface area contributed by atoms with Crippen molar-refractivity contribution in [1.29, 1.82) is 0 Å². The van der Waals surface area contributed by atoms with Crippen molar-refractivity contribution in [1.82, 2.24) is 0 Å². The quantitative estimate of drug-likeness (QED) is 0.364. The van der Waals surface area contributed by atoms with Gasteiger partial charge in [-0.3, -0.25) is 4.57 Å². The molecule has 0 aromatic heterocycles.